The van der Waals surface area contributed by atoms with E-state index in [1.165, 1.54) is 0 Å². The number of fused-ring (bicyclic) bond motifs is 1. The van der Waals surface area contributed by atoms with Crippen LogP contribution in [0.4, 0.5) is 13.2 Å². The van der Waals surface area contributed by atoms with Crippen LogP contribution in [0.15, 0.2) is 24.3 Å². The van der Waals surface area contributed by atoms with Crippen molar-refractivity contribution in [3.63, 3.8) is 0 Å². The molecule has 0 N–H and O–H groups in total. The second-order valence-electron chi connectivity index (χ2n) is 4.69. The highest BCUT2D eigenvalue weighted by Crippen LogP contribution is 2.51. The van der Waals surface area contributed by atoms with Gasteiger partial charge in [-0.15, -0.1) is 13.2 Å². The van der Waals surface area contributed by atoms with E-state index in [0.29, 0.717) is 16.0 Å². The van der Waals surface area contributed by atoms with Crippen LogP contribution < -0.4 is 0 Å². The molecule has 1 aromatic heterocycles. The minimum absolute atomic E-state index is 0.454. The smallest absolute Gasteiger partial charge is 0.118 e. The molecule has 0 nitrogen and oxygen atoms in total. The number of thiophene rings is 1. The highest BCUT2D eigenvalue weighted by Gasteiger charge is 2.47. The Bertz CT molecular complexity index is 567. The topological polar surface area (TPSA) is 0 Å². The zero-order valence-electron chi connectivity index (χ0n) is 11.2. The quantitative estimate of drug-likeness (QED) is 0.608. The van der Waals surface area contributed by atoms with Gasteiger partial charge in [-0.25, -0.2) is 0 Å². The van der Waals surface area contributed by atoms with Crippen molar-refractivity contribution in [2.24, 2.45) is 0 Å². The number of hydrogen-bond donors (Lipinski definition) is 0. The molecule has 0 spiro atoms. The van der Waals surface area contributed by atoms with E-state index in [2.05, 4.69) is 0 Å². The molecule has 0 bridgehead atoms. The van der Waals surface area contributed by atoms with E-state index in [4.69, 9.17) is 0 Å². The Morgan fingerprint density at radius 1 is 1.11 bits per heavy atom. The summed E-state index contributed by atoms with van der Waals surface area (Å²) in [6.45, 7) is 4.02. The Morgan fingerprint density at radius 3 is 2.42 bits per heavy atom. The maximum Gasteiger partial charge on any atom is 0.600 e. The molecule has 19 heavy (non-hydrogen) atoms. The summed E-state index contributed by atoms with van der Waals surface area (Å²) in [6.07, 6.45) is 3.14. The standard InChI is InChI=1S/C15H18F3S/c1-3-5-6-13-10-12-9-11(4-2)7-8-14(12)19(13)15(16,17)18/h7-10H,3-6H2,1-2H3/q+1. The van der Waals surface area contributed by atoms with Crippen LogP contribution in [0.2, 0.25) is 0 Å². The molecule has 0 aliphatic carbocycles. The lowest BCUT2D eigenvalue weighted by Crippen LogP contribution is -1.98. The van der Waals surface area contributed by atoms with Crippen molar-refractivity contribution in [3.8, 4) is 0 Å². The van der Waals surface area contributed by atoms with E-state index in [1.807, 2.05) is 26.0 Å². The summed E-state index contributed by atoms with van der Waals surface area (Å²) in [5.74, 6) is 0. The molecule has 0 aliphatic rings. The molecular formula is C15H18F3S+. The third kappa shape index (κ3) is 2.94. The molecule has 0 fully saturated rings. The number of alkyl halides is 3. The summed E-state index contributed by atoms with van der Waals surface area (Å²) in [4.78, 5) is 0.553. The molecule has 0 radical (unpaired) electrons. The van der Waals surface area contributed by atoms with Gasteiger partial charge in [-0.05, 0) is 30.5 Å². The molecule has 0 amide bonds. The fourth-order valence-electron chi connectivity index (χ4n) is 2.29. The van der Waals surface area contributed by atoms with Gasteiger partial charge in [0.15, 0.2) is 9.58 Å². The SMILES string of the molecule is CCCCc1cc2cc(CC)ccc2[s+]1C(F)(F)F. The van der Waals surface area contributed by atoms with E-state index in [-0.39, 0.29) is 0 Å². The summed E-state index contributed by atoms with van der Waals surface area (Å²) in [6, 6.07) is 7.15. The lowest BCUT2D eigenvalue weighted by molar-refractivity contribution is -0.0867. The third-order valence-electron chi connectivity index (χ3n) is 3.29. The number of hydrogen-bond acceptors (Lipinski definition) is 0. The molecule has 1 atom stereocenters. The molecule has 1 heterocycles. The van der Waals surface area contributed by atoms with Gasteiger partial charge in [0.05, 0.1) is 10.5 Å². The van der Waals surface area contributed by atoms with E-state index >= 15 is 0 Å². The predicted octanol–water partition coefficient (Wildman–Crippen LogP) is 5.97. The van der Waals surface area contributed by atoms with Gasteiger partial charge in [-0.3, -0.25) is 0 Å². The van der Waals surface area contributed by atoms with Gasteiger partial charge >= 0.3 is 5.51 Å². The van der Waals surface area contributed by atoms with Gasteiger partial charge in [0.2, 0.25) is 0 Å². The molecule has 104 valence electrons. The van der Waals surface area contributed by atoms with Crippen LogP contribution in [-0.2, 0) is 18.3 Å². The number of unbranched alkanes of at least 4 members (excludes halogenated alkanes) is 1. The Balaban J connectivity index is 2.59. The first-order valence-corrected chi connectivity index (χ1v) is 7.84. The van der Waals surface area contributed by atoms with Gasteiger partial charge < -0.3 is 0 Å². The van der Waals surface area contributed by atoms with Gasteiger partial charge in [-0.2, -0.15) is 0 Å². The maximum absolute atomic E-state index is 13.3. The highest BCUT2D eigenvalue weighted by atomic mass is 32.2. The number of rotatable bonds is 4. The second kappa shape index (κ2) is 5.53. The van der Waals surface area contributed by atoms with Crippen LogP contribution in [0.25, 0.3) is 10.1 Å². The van der Waals surface area contributed by atoms with Crippen LogP contribution in [0.3, 0.4) is 0 Å². The Morgan fingerprint density at radius 2 is 1.84 bits per heavy atom. The van der Waals surface area contributed by atoms with Crippen LogP contribution in [0, 0.1) is 0 Å². The molecule has 2 aromatic rings. The minimum Gasteiger partial charge on any atom is -0.118 e. The van der Waals surface area contributed by atoms with Gasteiger partial charge in [0.25, 0.3) is 0 Å². The van der Waals surface area contributed by atoms with Crippen molar-refractivity contribution < 1.29 is 13.2 Å². The molecule has 0 saturated carbocycles. The van der Waals surface area contributed by atoms with Crippen molar-refractivity contribution in [2.45, 2.75) is 45.0 Å². The zero-order chi connectivity index (χ0) is 14.0. The van der Waals surface area contributed by atoms with Crippen molar-refractivity contribution in [3.05, 3.63) is 34.7 Å². The van der Waals surface area contributed by atoms with E-state index in [9.17, 15) is 13.2 Å². The lowest BCUT2D eigenvalue weighted by atomic mass is 10.1. The molecule has 2 rings (SSSR count). The largest absolute Gasteiger partial charge is 0.600 e. The molecule has 0 aliphatic heterocycles. The lowest BCUT2D eigenvalue weighted by Gasteiger charge is -2.00. The summed E-state index contributed by atoms with van der Waals surface area (Å²) in [5.41, 5.74) is -3.06. The average molecular weight is 287 g/mol. The summed E-state index contributed by atoms with van der Waals surface area (Å²) >= 11 is 0. The number of aryl methyl sites for hydroxylation is 2. The first kappa shape index (κ1) is 14.4. The van der Waals surface area contributed by atoms with Gasteiger partial charge in [0, 0.05) is 17.9 Å². The van der Waals surface area contributed by atoms with Crippen molar-refractivity contribution >= 4 is 20.6 Å². The van der Waals surface area contributed by atoms with Crippen molar-refractivity contribution in [1.82, 2.24) is 0 Å². The Labute approximate surface area is 114 Å². The summed E-state index contributed by atoms with van der Waals surface area (Å²) < 4.78 is 40.3. The Kier molecular flexibility index (Phi) is 4.19. The third-order valence-corrected chi connectivity index (χ3v) is 5.41. The highest BCUT2D eigenvalue weighted by molar-refractivity contribution is 7.38. The van der Waals surface area contributed by atoms with E-state index in [1.54, 1.807) is 12.1 Å². The molecule has 0 saturated heterocycles. The monoisotopic (exact) mass is 287 g/mol. The van der Waals surface area contributed by atoms with Gasteiger partial charge in [0.1, 0.15) is 0 Å². The number of benzene rings is 1. The molecular weight excluding hydrogens is 269 g/mol. The molecule has 1 aromatic carbocycles. The second-order valence-corrected chi connectivity index (χ2v) is 6.73. The fourth-order valence-corrected chi connectivity index (χ4v) is 4.27. The minimum atomic E-state index is -4.15. The van der Waals surface area contributed by atoms with Crippen LogP contribution in [-0.4, -0.2) is 0 Å². The molecule has 4 heteroatoms. The van der Waals surface area contributed by atoms with E-state index < -0.39 is 16.0 Å². The predicted molar refractivity (Wildman–Crippen MR) is 75.7 cm³/mol. The van der Waals surface area contributed by atoms with Crippen molar-refractivity contribution in [1.29, 1.82) is 0 Å². The fraction of sp³-hybridized carbons (Fsp3) is 0.467. The van der Waals surface area contributed by atoms with Gasteiger partial charge in [-0.1, -0.05) is 26.3 Å². The average Bonchev–Trinajstić information content (AvgIpc) is 2.72. The van der Waals surface area contributed by atoms with Crippen LogP contribution >= 0.6 is 10.5 Å². The van der Waals surface area contributed by atoms with Crippen LogP contribution in [0.1, 0.15) is 37.1 Å². The molecule has 1 unspecified atom stereocenters. The first-order chi connectivity index (χ1) is 8.97. The van der Waals surface area contributed by atoms with Crippen molar-refractivity contribution in [2.75, 3.05) is 0 Å². The zero-order valence-corrected chi connectivity index (χ0v) is 12.0. The van der Waals surface area contributed by atoms with E-state index in [0.717, 1.165) is 30.2 Å². The maximum atomic E-state index is 13.3. The Hall–Kier alpha value is -1.03. The summed E-state index contributed by atoms with van der Waals surface area (Å²) in [7, 11) is -1.71. The first-order valence-electron chi connectivity index (χ1n) is 6.62. The number of halogens is 3. The summed E-state index contributed by atoms with van der Waals surface area (Å²) in [5, 5.41) is 0.770. The normalized spacial score (nSPS) is 13.2. The van der Waals surface area contributed by atoms with Crippen LogP contribution in [0.5, 0.6) is 0 Å².